The molecular weight excluding hydrogens is 304 g/mol. The molecule has 4 heteroatoms. The molecule has 0 aromatic heterocycles. The topological polar surface area (TPSA) is 52.6 Å². The third-order valence-corrected chi connectivity index (χ3v) is 4.17. The van der Waals surface area contributed by atoms with E-state index < -0.39 is 11.0 Å². The van der Waals surface area contributed by atoms with Crippen LogP contribution >= 0.6 is 0 Å². The largest absolute Gasteiger partial charge is 0.465 e. The molecule has 141 valence electrons. The summed E-state index contributed by atoms with van der Waals surface area (Å²) >= 11 is 0. The molecule has 0 saturated heterocycles. The van der Waals surface area contributed by atoms with Crippen LogP contribution in [0.25, 0.3) is 0 Å². The molecule has 0 bridgehead atoms. The fourth-order valence-corrected chi connectivity index (χ4v) is 2.49. The fourth-order valence-electron chi connectivity index (χ4n) is 2.49. The number of aldehydes is 1. The highest BCUT2D eigenvalue weighted by molar-refractivity contribution is 5.76. The van der Waals surface area contributed by atoms with Crippen molar-refractivity contribution in [2.45, 2.75) is 79.2 Å². The van der Waals surface area contributed by atoms with Crippen molar-refractivity contribution < 1.29 is 19.1 Å². The minimum Gasteiger partial charge on any atom is -0.465 e. The molecule has 0 rings (SSSR count). The van der Waals surface area contributed by atoms with Crippen LogP contribution in [0, 0.1) is 24.2 Å². The predicted octanol–water partition coefficient (Wildman–Crippen LogP) is 4.61. The average molecular weight is 342 g/mol. The Morgan fingerprint density at radius 1 is 1.04 bits per heavy atom. The molecule has 2 unspecified atom stereocenters. The van der Waals surface area contributed by atoms with Gasteiger partial charge in [-0.05, 0) is 51.4 Å². The Bertz CT molecular complexity index is 378. The highest BCUT2D eigenvalue weighted by Gasteiger charge is 2.35. The highest BCUT2D eigenvalue weighted by Crippen LogP contribution is 2.33. The normalized spacial score (nSPS) is 16.7. The molecule has 0 aliphatic carbocycles. The van der Waals surface area contributed by atoms with Crippen LogP contribution in [-0.4, -0.2) is 31.1 Å². The lowest BCUT2D eigenvalue weighted by molar-refractivity contribution is -0.157. The minimum atomic E-state index is -0.780. The van der Waals surface area contributed by atoms with Gasteiger partial charge in [-0.1, -0.05) is 41.0 Å². The Hall–Kier alpha value is -0.900. The second-order valence-electron chi connectivity index (χ2n) is 8.15. The van der Waals surface area contributed by atoms with Crippen molar-refractivity contribution in [3.05, 3.63) is 6.92 Å². The number of rotatable bonds is 13. The van der Waals surface area contributed by atoms with Crippen molar-refractivity contribution >= 4 is 12.3 Å². The van der Waals surface area contributed by atoms with Crippen LogP contribution in [0.2, 0.25) is 0 Å². The van der Waals surface area contributed by atoms with Crippen LogP contribution in [-0.2, 0) is 19.1 Å². The van der Waals surface area contributed by atoms with E-state index in [-0.39, 0.29) is 5.97 Å². The lowest BCUT2D eigenvalue weighted by Crippen LogP contribution is -2.34. The molecule has 24 heavy (non-hydrogen) atoms. The Balaban J connectivity index is 4.65. The monoisotopic (exact) mass is 341 g/mol. The zero-order chi connectivity index (χ0) is 18.8. The van der Waals surface area contributed by atoms with E-state index in [0.29, 0.717) is 50.7 Å². The number of hydrogen-bond acceptors (Lipinski definition) is 4. The van der Waals surface area contributed by atoms with Gasteiger partial charge in [-0.15, -0.1) is 0 Å². The first-order valence-corrected chi connectivity index (χ1v) is 9.15. The average Bonchev–Trinajstić information content (AvgIpc) is 2.50. The molecule has 0 aromatic rings. The van der Waals surface area contributed by atoms with Crippen LogP contribution in [0.4, 0.5) is 0 Å². The third-order valence-electron chi connectivity index (χ3n) is 4.17. The van der Waals surface area contributed by atoms with E-state index in [1.807, 2.05) is 27.7 Å². The van der Waals surface area contributed by atoms with E-state index in [0.717, 1.165) is 12.7 Å². The van der Waals surface area contributed by atoms with Crippen LogP contribution in [0.3, 0.4) is 0 Å². The summed E-state index contributed by atoms with van der Waals surface area (Å²) in [7, 11) is 0. The van der Waals surface area contributed by atoms with Crippen LogP contribution in [0.15, 0.2) is 0 Å². The van der Waals surface area contributed by atoms with Crippen molar-refractivity contribution in [3.63, 3.8) is 0 Å². The van der Waals surface area contributed by atoms with Gasteiger partial charge >= 0.3 is 5.97 Å². The van der Waals surface area contributed by atoms with Crippen molar-refractivity contribution in [1.29, 1.82) is 0 Å². The van der Waals surface area contributed by atoms with Gasteiger partial charge in [0, 0.05) is 0 Å². The number of hydrogen-bond donors (Lipinski definition) is 0. The molecule has 0 fully saturated rings. The summed E-state index contributed by atoms with van der Waals surface area (Å²) in [6.45, 7) is 16.8. The van der Waals surface area contributed by atoms with Crippen molar-refractivity contribution in [1.82, 2.24) is 0 Å². The molecule has 0 spiro atoms. The van der Waals surface area contributed by atoms with Crippen LogP contribution in [0.5, 0.6) is 0 Å². The number of carbonyl (C=O) groups excluding carboxylic acids is 2. The van der Waals surface area contributed by atoms with Gasteiger partial charge in [0.15, 0.2) is 6.29 Å². The van der Waals surface area contributed by atoms with E-state index in [1.165, 1.54) is 0 Å². The Kier molecular flexibility index (Phi) is 10.5. The molecule has 0 N–H and O–H groups in total. The summed E-state index contributed by atoms with van der Waals surface area (Å²) in [4.78, 5) is 23.9. The Morgan fingerprint density at radius 3 is 2.08 bits per heavy atom. The minimum absolute atomic E-state index is 0.157. The van der Waals surface area contributed by atoms with E-state index in [9.17, 15) is 9.59 Å². The Morgan fingerprint density at radius 2 is 1.62 bits per heavy atom. The smallest absolute Gasteiger partial charge is 0.311 e. The van der Waals surface area contributed by atoms with Crippen LogP contribution < -0.4 is 0 Å². The van der Waals surface area contributed by atoms with Crippen molar-refractivity contribution in [3.8, 4) is 0 Å². The third kappa shape index (κ3) is 8.81. The van der Waals surface area contributed by atoms with Gasteiger partial charge in [-0.25, -0.2) is 0 Å². The maximum absolute atomic E-state index is 12.4. The molecule has 0 amide bonds. The van der Waals surface area contributed by atoms with Gasteiger partial charge in [0.2, 0.25) is 0 Å². The quantitative estimate of drug-likeness (QED) is 0.363. The summed E-state index contributed by atoms with van der Waals surface area (Å²) in [6.07, 6.45) is 4.27. The lowest BCUT2D eigenvalue weighted by atomic mass is 9.79. The maximum atomic E-state index is 12.4. The molecule has 0 aliphatic heterocycles. The van der Waals surface area contributed by atoms with E-state index in [2.05, 4.69) is 20.8 Å². The van der Waals surface area contributed by atoms with Gasteiger partial charge in [0.25, 0.3) is 0 Å². The zero-order valence-electron chi connectivity index (χ0n) is 16.5. The van der Waals surface area contributed by atoms with Gasteiger partial charge in [0.1, 0.15) is 5.60 Å². The highest BCUT2D eigenvalue weighted by atomic mass is 16.5. The summed E-state index contributed by atoms with van der Waals surface area (Å²) < 4.78 is 11.2. The molecule has 2 atom stereocenters. The number of esters is 1. The molecule has 1 radical (unpaired) electrons. The maximum Gasteiger partial charge on any atom is 0.311 e. The Labute approximate surface area is 148 Å². The van der Waals surface area contributed by atoms with Gasteiger partial charge in [-0.2, -0.15) is 0 Å². The molecule has 0 aromatic carbocycles. The van der Waals surface area contributed by atoms with Crippen molar-refractivity contribution in [2.75, 3.05) is 13.2 Å². The first kappa shape index (κ1) is 23.1. The number of carbonyl (C=O) groups is 2. The first-order valence-electron chi connectivity index (χ1n) is 9.15. The summed E-state index contributed by atoms with van der Waals surface area (Å²) in [5, 5.41) is 0. The summed E-state index contributed by atoms with van der Waals surface area (Å²) in [5.74, 6) is 0.545. The van der Waals surface area contributed by atoms with Gasteiger partial charge in [0.05, 0.1) is 18.6 Å². The van der Waals surface area contributed by atoms with E-state index in [4.69, 9.17) is 9.47 Å². The fraction of sp³-hybridized carbons (Fsp3) is 0.850. The standard InChI is InChI=1S/C20H37O4/c1-8-10-19(6,18(22)23-13-16(2)3)11-9-12-20(7,15-21)24-14-17(4)5/h15-17H,1,8-14H2,2-7H3. The second kappa shape index (κ2) is 10.9. The summed E-state index contributed by atoms with van der Waals surface area (Å²) in [6, 6.07) is 0. The molecular formula is C20H37O4. The second-order valence-corrected chi connectivity index (χ2v) is 8.15. The number of ether oxygens (including phenoxy) is 2. The predicted molar refractivity (Wildman–Crippen MR) is 97.6 cm³/mol. The molecule has 0 saturated carbocycles. The lowest BCUT2D eigenvalue weighted by Gasteiger charge is -2.30. The molecule has 0 aliphatic rings. The molecule has 4 nitrogen and oxygen atoms in total. The van der Waals surface area contributed by atoms with E-state index in [1.54, 1.807) is 0 Å². The van der Waals surface area contributed by atoms with Gasteiger partial charge < -0.3 is 14.3 Å². The van der Waals surface area contributed by atoms with Crippen molar-refractivity contribution in [2.24, 2.45) is 17.3 Å². The molecule has 0 heterocycles. The summed E-state index contributed by atoms with van der Waals surface area (Å²) in [5.41, 5.74) is -1.32. The first-order chi connectivity index (χ1) is 11.1. The van der Waals surface area contributed by atoms with Gasteiger partial charge in [-0.3, -0.25) is 4.79 Å². The SMILES string of the molecule is [CH2]CCC(C)(CCCC(C)(C=O)OCC(C)C)C(=O)OCC(C)C. The van der Waals surface area contributed by atoms with E-state index >= 15 is 0 Å². The zero-order valence-corrected chi connectivity index (χ0v) is 16.5. The van der Waals surface area contributed by atoms with Crippen LogP contribution in [0.1, 0.15) is 73.6 Å².